The van der Waals surface area contributed by atoms with Crippen LogP contribution in [-0.4, -0.2) is 35.0 Å². The third-order valence-electron chi connectivity index (χ3n) is 5.37. The molecule has 0 saturated heterocycles. The molecule has 7 heteroatoms. The lowest BCUT2D eigenvalue weighted by molar-refractivity contribution is -0.156. The molecule has 1 fully saturated rings. The maximum Gasteiger partial charge on any atom is 0.321 e. The van der Waals surface area contributed by atoms with Crippen molar-refractivity contribution in [3.63, 3.8) is 0 Å². The lowest BCUT2D eigenvalue weighted by Gasteiger charge is -2.31. The summed E-state index contributed by atoms with van der Waals surface area (Å²) >= 11 is 0. The Bertz CT molecular complexity index is 976. The van der Waals surface area contributed by atoms with E-state index in [0.29, 0.717) is 38.0 Å². The van der Waals surface area contributed by atoms with Crippen LogP contribution in [0.2, 0.25) is 0 Å². The van der Waals surface area contributed by atoms with E-state index in [0.717, 1.165) is 11.1 Å². The summed E-state index contributed by atoms with van der Waals surface area (Å²) < 4.78 is 19.4. The first kappa shape index (κ1) is 17.5. The summed E-state index contributed by atoms with van der Waals surface area (Å²) in [6.07, 6.45) is 3.27. The van der Waals surface area contributed by atoms with Gasteiger partial charge in [0.15, 0.2) is 0 Å². The van der Waals surface area contributed by atoms with Gasteiger partial charge >= 0.3 is 5.97 Å². The summed E-state index contributed by atoms with van der Waals surface area (Å²) in [5, 5.41) is 0. The molecule has 4 rings (SSSR count). The molecule has 0 spiro atoms. The Morgan fingerprint density at radius 1 is 1.15 bits per heavy atom. The quantitative estimate of drug-likeness (QED) is 0.611. The Kier molecular flexibility index (Phi) is 4.09. The largest absolute Gasteiger partial charge is 0.468 e. The summed E-state index contributed by atoms with van der Waals surface area (Å²) in [5.74, 6) is -1.06. The van der Waals surface area contributed by atoms with Gasteiger partial charge in [0.05, 0.1) is 7.11 Å². The summed E-state index contributed by atoms with van der Waals surface area (Å²) in [4.78, 5) is 38.9. The third kappa shape index (κ3) is 2.93. The van der Waals surface area contributed by atoms with Gasteiger partial charge in [-0.2, -0.15) is 0 Å². The molecular weight excluding hydrogens is 351 g/mol. The number of methoxy groups -OCH3 is 1. The molecule has 1 saturated carbocycles. The van der Waals surface area contributed by atoms with Gasteiger partial charge in [-0.25, -0.2) is 4.39 Å². The number of amides is 1. The fraction of sp³-hybridized carbons (Fsp3) is 0.350. The number of aromatic nitrogens is 1. The number of ether oxygens (including phenoxy) is 1. The van der Waals surface area contributed by atoms with E-state index in [2.05, 4.69) is 0 Å². The van der Waals surface area contributed by atoms with Gasteiger partial charge in [-0.1, -0.05) is 0 Å². The second kappa shape index (κ2) is 6.33. The fourth-order valence-corrected chi connectivity index (χ4v) is 3.63. The first-order valence-electron chi connectivity index (χ1n) is 8.83. The Morgan fingerprint density at radius 3 is 2.48 bits per heavy atom. The number of esters is 1. The topological polar surface area (TPSA) is 68.6 Å². The van der Waals surface area contributed by atoms with E-state index in [1.165, 1.54) is 35.9 Å². The summed E-state index contributed by atoms with van der Waals surface area (Å²) in [6, 6.07) is 7.22. The highest BCUT2D eigenvalue weighted by Crippen LogP contribution is 2.48. The van der Waals surface area contributed by atoms with Crippen molar-refractivity contribution < 1.29 is 18.7 Å². The Balaban J connectivity index is 1.63. The van der Waals surface area contributed by atoms with Crippen LogP contribution in [0.1, 0.15) is 24.0 Å². The van der Waals surface area contributed by atoms with Crippen molar-refractivity contribution in [2.24, 2.45) is 5.41 Å². The van der Waals surface area contributed by atoms with Crippen LogP contribution in [0.15, 0.2) is 41.3 Å². The van der Waals surface area contributed by atoms with Gasteiger partial charge < -0.3 is 9.64 Å². The van der Waals surface area contributed by atoms with Crippen molar-refractivity contribution >= 4 is 11.9 Å². The average molecular weight is 370 g/mol. The highest BCUT2D eigenvalue weighted by molar-refractivity contribution is 6.05. The van der Waals surface area contributed by atoms with Crippen molar-refractivity contribution in [3.05, 3.63) is 63.8 Å². The summed E-state index contributed by atoms with van der Waals surface area (Å²) in [6.45, 7) is 0.791. The van der Waals surface area contributed by atoms with Crippen molar-refractivity contribution in [1.82, 2.24) is 9.47 Å². The molecule has 1 aliphatic heterocycles. The number of hydrogen-bond donors (Lipinski definition) is 0. The SMILES string of the molecule is COC(=O)C1(C(=O)N2CCc3cc(=O)n(-c4ccc(F)cc4)cc3C2)CC1. The zero-order valence-corrected chi connectivity index (χ0v) is 14.9. The molecule has 1 amide bonds. The number of benzene rings is 1. The van der Waals surface area contributed by atoms with E-state index in [4.69, 9.17) is 4.74 Å². The molecule has 6 nitrogen and oxygen atoms in total. The number of pyridine rings is 1. The lowest BCUT2D eigenvalue weighted by atomic mass is 9.98. The van der Waals surface area contributed by atoms with E-state index < -0.39 is 11.4 Å². The number of rotatable bonds is 3. The number of carbonyl (C=O) groups excluding carboxylic acids is 2. The monoisotopic (exact) mass is 370 g/mol. The molecule has 0 bridgehead atoms. The zero-order valence-electron chi connectivity index (χ0n) is 14.9. The number of nitrogens with zero attached hydrogens (tertiary/aromatic N) is 2. The van der Waals surface area contributed by atoms with Gasteiger partial charge in [-0.05, 0) is 54.7 Å². The van der Waals surface area contributed by atoms with Crippen molar-refractivity contribution in [2.75, 3.05) is 13.7 Å². The molecule has 0 atom stereocenters. The Morgan fingerprint density at radius 2 is 1.85 bits per heavy atom. The fourth-order valence-electron chi connectivity index (χ4n) is 3.63. The molecule has 27 heavy (non-hydrogen) atoms. The van der Waals surface area contributed by atoms with E-state index in [-0.39, 0.29) is 17.3 Å². The van der Waals surface area contributed by atoms with Crippen molar-refractivity contribution in [2.45, 2.75) is 25.8 Å². The van der Waals surface area contributed by atoms with Gasteiger partial charge in [0.1, 0.15) is 11.2 Å². The van der Waals surface area contributed by atoms with Gasteiger partial charge in [-0.15, -0.1) is 0 Å². The lowest BCUT2D eigenvalue weighted by Crippen LogP contribution is -2.44. The number of fused-ring (bicyclic) bond motifs is 1. The molecule has 1 aliphatic carbocycles. The second-order valence-electron chi connectivity index (χ2n) is 7.06. The molecular formula is C20H19FN2O4. The average Bonchev–Trinajstić information content (AvgIpc) is 3.48. The zero-order chi connectivity index (χ0) is 19.2. The van der Waals surface area contributed by atoms with Crippen LogP contribution in [0.4, 0.5) is 4.39 Å². The predicted molar refractivity (Wildman–Crippen MR) is 94.8 cm³/mol. The van der Waals surface area contributed by atoms with Crippen LogP contribution in [0.25, 0.3) is 5.69 Å². The van der Waals surface area contributed by atoms with Gasteiger partial charge in [0.25, 0.3) is 5.56 Å². The Labute approximate surface area is 155 Å². The van der Waals surface area contributed by atoms with Crippen LogP contribution in [-0.2, 0) is 27.3 Å². The van der Waals surface area contributed by atoms with E-state index >= 15 is 0 Å². The standard InChI is InChI=1S/C20H19FN2O4/c1-27-19(26)20(7-8-20)18(25)22-9-6-13-10-17(24)23(12-14(13)11-22)16-4-2-15(21)3-5-16/h2-5,10,12H,6-9,11H2,1H3. The smallest absolute Gasteiger partial charge is 0.321 e. The highest BCUT2D eigenvalue weighted by atomic mass is 19.1. The third-order valence-corrected chi connectivity index (χ3v) is 5.37. The van der Waals surface area contributed by atoms with Crippen LogP contribution in [0.5, 0.6) is 0 Å². The molecule has 1 aromatic heterocycles. The van der Waals surface area contributed by atoms with Gasteiger partial charge in [0, 0.05) is 31.0 Å². The van der Waals surface area contributed by atoms with Crippen molar-refractivity contribution in [3.8, 4) is 5.69 Å². The van der Waals surface area contributed by atoms with E-state index in [1.807, 2.05) is 0 Å². The van der Waals surface area contributed by atoms with Gasteiger partial charge in [-0.3, -0.25) is 19.0 Å². The molecule has 140 valence electrons. The maximum atomic E-state index is 13.2. The normalized spacial score (nSPS) is 17.2. The molecule has 0 radical (unpaired) electrons. The minimum atomic E-state index is -1.03. The van der Waals surface area contributed by atoms with E-state index in [9.17, 15) is 18.8 Å². The van der Waals surface area contributed by atoms with Gasteiger partial charge in [0.2, 0.25) is 5.91 Å². The molecule has 0 unspecified atom stereocenters. The molecule has 2 aliphatic rings. The molecule has 2 heterocycles. The van der Waals surface area contributed by atoms with Crippen molar-refractivity contribution in [1.29, 1.82) is 0 Å². The second-order valence-corrected chi connectivity index (χ2v) is 7.06. The molecule has 0 N–H and O–H groups in total. The minimum Gasteiger partial charge on any atom is -0.468 e. The van der Waals surface area contributed by atoms with Crippen LogP contribution in [0, 0.1) is 11.2 Å². The number of hydrogen-bond acceptors (Lipinski definition) is 4. The first-order valence-corrected chi connectivity index (χ1v) is 8.83. The molecule has 1 aromatic carbocycles. The minimum absolute atomic E-state index is 0.201. The summed E-state index contributed by atoms with van der Waals surface area (Å²) in [5.41, 5.74) is 1.07. The summed E-state index contributed by atoms with van der Waals surface area (Å²) in [7, 11) is 1.29. The van der Waals surface area contributed by atoms with Crippen LogP contribution >= 0.6 is 0 Å². The van der Waals surface area contributed by atoms with Crippen LogP contribution < -0.4 is 5.56 Å². The highest BCUT2D eigenvalue weighted by Gasteiger charge is 2.59. The number of halogens is 1. The predicted octanol–water partition coefficient (Wildman–Crippen LogP) is 1.81. The first-order chi connectivity index (χ1) is 12.9. The molecule has 2 aromatic rings. The number of carbonyl (C=O) groups is 2. The van der Waals surface area contributed by atoms with Crippen LogP contribution in [0.3, 0.4) is 0 Å². The van der Waals surface area contributed by atoms with E-state index in [1.54, 1.807) is 17.2 Å². The Hall–Kier alpha value is -2.96. The maximum absolute atomic E-state index is 13.2.